The Hall–Kier alpha value is -3.16. The SMILES string of the molecule is N=C(CCl)c1c(-c2ccccc2)cc(-c2ccccc2)cc1-c1ccccc1. The van der Waals surface area contributed by atoms with Crippen molar-refractivity contribution in [1.29, 1.82) is 5.41 Å². The number of alkyl halides is 1. The minimum atomic E-state index is 0.171. The van der Waals surface area contributed by atoms with Crippen molar-refractivity contribution in [3.05, 3.63) is 109 Å². The van der Waals surface area contributed by atoms with E-state index in [1.807, 2.05) is 42.5 Å². The Bertz CT molecular complexity index is 1030. The summed E-state index contributed by atoms with van der Waals surface area (Å²) in [6.07, 6.45) is 0. The maximum Gasteiger partial charge on any atom is 0.0646 e. The molecule has 28 heavy (non-hydrogen) atoms. The summed E-state index contributed by atoms with van der Waals surface area (Å²) >= 11 is 6.14. The summed E-state index contributed by atoms with van der Waals surface area (Å²) in [5, 5.41) is 8.60. The van der Waals surface area contributed by atoms with Crippen LogP contribution in [-0.4, -0.2) is 11.6 Å². The average molecular weight is 382 g/mol. The van der Waals surface area contributed by atoms with Crippen molar-refractivity contribution in [2.24, 2.45) is 0 Å². The van der Waals surface area contributed by atoms with Crippen molar-refractivity contribution in [3.63, 3.8) is 0 Å². The summed E-state index contributed by atoms with van der Waals surface area (Å²) in [5.74, 6) is 0.171. The quantitative estimate of drug-likeness (QED) is 0.277. The minimum absolute atomic E-state index is 0.171. The first-order valence-electron chi connectivity index (χ1n) is 9.26. The standard InChI is InChI=1S/C26H20ClN/c27-18-25(28)26-23(20-12-6-2-7-13-20)16-22(19-10-4-1-5-11-19)17-24(26)21-14-8-3-9-15-21/h1-17,28H,18H2. The summed E-state index contributed by atoms with van der Waals surface area (Å²) in [4.78, 5) is 0. The highest BCUT2D eigenvalue weighted by molar-refractivity contribution is 6.33. The van der Waals surface area contributed by atoms with Gasteiger partial charge in [0.2, 0.25) is 0 Å². The van der Waals surface area contributed by atoms with Gasteiger partial charge in [0.25, 0.3) is 0 Å². The number of halogens is 1. The molecule has 136 valence electrons. The van der Waals surface area contributed by atoms with Crippen molar-refractivity contribution in [1.82, 2.24) is 0 Å². The average Bonchev–Trinajstić information content (AvgIpc) is 2.79. The lowest BCUT2D eigenvalue weighted by molar-refractivity contribution is 1.45. The van der Waals surface area contributed by atoms with E-state index < -0.39 is 0 Å². The first-order valence-corrected chi connectivity index (χ1v) is 9.79. The van der Waals surface area contributed by atoms with Crippen LogP contribution in [0, 0.1) is 5.41 Å². The third-order valence-electron chi connectivity index (χ3n) is 4.85. The second kappa shape index (κ2) is 8.24. The van der Waals surface area contributed by atoms with Gasteiger partial charge >= 0.3 is 0 Å². The van der Waals surface area contributed by atoms with Crippen molar-refractivity contribution in [2.45, 2.75) is 0 Å². The monoisotopic (exact) mass is 381 g/mol. The molecule has 0 unspecified atom stereocenters. The Balaban J connectivity index is 2.07. The molecule has 0 amide bonds. The van der Waals surface area contributed by atoms with Crippen molar-refractivity contribution >= 4 is 17.3 Å². The first-order chi connectivity index (χ1) is 13.8. The maximum atomic E-state index is 8.60. The molecule has 1 N–H and O–H groups in total. The van der Waals surface area contributed by atoms with Gasteiger partial charge in [0, 0.05) is 5.56 Å². The summed E-state index contributed by atoms with van der Waals surface area (Å²) in [6.45, 7) is 0. The van der Waals surface area contributed by atoms with Crippen LogP contribution in [-0.2, 0) is 0 Å². The Morgan fingerprint density at radius 1 is 0.571 bits per heavy atom. The number of hydrogen-bond donors (Lipinski definition) is 1. The highest BCUT2D eigenvalue weighted by Crippen LogP contribution is 2.37. The molecule has 2 heteroatoms. The Kier molecular flexibility index (Phi) is 5.36. The number of rotatable bonds is 5. The van der Waals surface area contributed by atoms with E-state index in [9.17, 15) is 0 Å². The molecule has 0 aliphatic carbocycles. The van der Waals surface area contributed by atoms with Crippen LogP contribution in [0.2, 0.25) is 0 Å². The van der Waals surface area contributed by atoms with E-state index in [1.165, 1.54) is 0 Å². The first kappa shape index (κ1) is 18.2. The highest BCUT2D eigenvalue weighted by Gasteiger charge is 2.18. The molecule has 0 saturated heterocycles. The predicted molar refractivity (Wildman–Crippen MR) is 120 cm³/mol. The van der Waals surface area contributed by atoms with Crippen molar-refractivity contribution < 1.29 is 0 Å². The Labute approximate surface area is 170 Å². The zero-order valence-electron chi connectivity index (χ0n) is 15.4. The molecule has 0 saturated carbocycles. The molecular formula is C26H20ClN. The molecule has 0 aromatic heterocycles. The summed E-state index contributed by atoms with van der Waals surface area (Å²) in [7, 11) is 0. The van der Waals surface area contributed by atoms with E-state index in [4.69, 9.17) is 17.0 Å². The van der Waals surface area contributed by atoms with Gasteiger partial charge in [0.15, 0.2) is 0 Å². The van der Waals surface area contributed by atoms with Crippen LogP contribution in [0.3, 0.4) is 0 Å². The Morgan fingerprint density at radius 2 is 0.964 bits per heavy atom. The van der Waals surface area contributed by atoms with Crippen LogP contribution in [0.1, 0.15) is 5.56 Å². The van der Waals surface area contributed by atoms with Gasteiger partial charge in [-0.15, -0.1) is 11.6 Å². The zero-order valence-corrected chi connectivity index (χ0v) is 16.2. The summed E-state index contributed by atoms with van der Waals surface area (Å²) in [6, 6.07) is 35.2. The van der Waals surface area contributed by atoms with Gasteiger partial charge < -0.3 is 5.41 Å². The van der Waals surface area contributed by atoms with E-state index in [2.05, 4.69) is 60.7 Å². The number of hydrogen-bond acceptors (Lipinski definition) is 1. The second-order valence-electron chi connectivity index (χ2n) is 6.66. The molecule has 0 heterocycles. The third-order valence-corrected chi connectivity index (χ3v) is 5.12. The number of benzene rings is 4. The molecule has 0 spiro atoms. The van der Waals surface area contributed by atoms with Crippen LogP contribution in [0.4, 0.5) is 0 Å². The Morgan fingerprint density at radius 3 is 1.36 bits per heavy atom. The lowest BCUT2D eigenvalue weighted by Gasteiger charge is -2.18. The normalized spacial score (nSPS) is 10.6. The van der Waals surface area contributed by atoms with Gasteiger partial charge in [-0.25, -0.2) is 0 Å². The van der Waals surface area contributed by atoms with Gasteiger partial charge in [0.1, 0.15) is 0 Å². The molecule has 0 aliphatic rings. The van der Waals surface area contributed by atoms with Crippen LogP contribution < -0.4 is 0 Å². The lowest BCUT2D eigenvalue weighted by atomic mass is 9.86. The molecule has 4 aromatic carbocycles. The van der Waals surface area contributed by atoms with Crippen molar-refractivity contribution in [2.75, 3.05) is 5.88 Å². The van der Waals surface area contributed by atoms with Gasteiger partial charge in [-0.1, -0.05) is 91.0 Å². The van der Waals surface area contributed by atoms with E-state index in [0.717, 1.165) is 38.9 Å². The minimum Gasteiger partial charge on any atom is -0.303 e. The summed E-state index contributed by atoms with van der Waals surface area (Å²) < 4.78 is 0. The van der Waals surface area contributed by atoms with Gasteiger partial charge in [-0.05, 0) is 45.5 Å². The maximum absolute atomic E-state index is 8.60. The lowest BCUT2D eigenvalue weighted by Crippen LogP contribution is -2.06. The van der Waals surface area contributed by atoms with Gasteiger partial charge in [-0.3, -0.25) is 0 Å². The van der Waals surface area contributed by atoms with Gasteiger partial charge in [-0.2, -0.15) is 0 Å². The molecular weight excluding hydrogens is 362 g/mol. The largest absolute Gasteiger partial charge is 0.303 e. The van der Waals surface area contributed by atoms with Crippen LogP contribution in [0.15, 0.2) is 103 Å². The van der Waals surface area contributed by atoms with Crippen LogP contribution in [0.25, 0.3) is 33.4 Å². The molecule has 4 aromatic rings. The van der Waals surface area contributed by atoms with Gasteiger partial charge in [0.05, 0.1) is 11.6 Å². The predicted octanol–water partition coefficient (Wildman–Crippen LogP) is 7.29. The van der Waals surface area contributed by atoms with E-state index in [1.54, 1.807) is 0 Å². The van der Waals surface area contributed by atoms with E-state index in [0.29, 0.717) is 5.71 Å². The highest BCUT2D eigenvalue weighted by atomic mass is 35.5. The smallest absolute Gasteiger partial charge is 0.0646 e. The topological polar surface area (TPSA) is 23.9 Å². The second-order valence-corrected chi connectivity index (χ2v) is 6.92. The number of nitrogens with one attached hydrogen (secondary N) is 1. The van der Waals surface area contributed by atoms with Crippen molar-refractivity contribution in [3.8, 4) is 33.4 Å². The fourth-order valence-electron chi connectivity index (χ4n) is 3.52. The molecule has 1 nitrogen and oxygen atoms in total. The molecule has 0 bridgehead atoms. The zero-order chi connectivity index (χ0) is 19.3. The molecule has 0 atom stereocenters. The molecule has 4 rings (SSSR count). The molecule has 0 fully saturated rings. The molecule has 0 radical (unpaired) electrons. The van der Waals surface area contributed by atoms with Crippen LogP contribution >= 0.6 is 11.6 Å². The van der Waals surface area contributed by atoms with Crippen LogP contribution in [0.5, 0.6) is 0 Å². The molecule has 0 aliphatic heterocycles. The third kappa shape index (κ3) is 3.62. The fraction of sp³-hybridized carbons (Fsp3) is 0.0385. The summed E-state index contributed by atoms with van der Waals surface area (Å²) in [5.41, 5.74) is 7.85. The van der Waals surface area contributed by atoms with E-state index >= 15 is 0 Å². The van der Waals surface area contributed by atoms with E-state index in [-0.39, 0.29) is 5.88 Å². The fourth-order valence-corrected chi connectivity index (χ4v) is 3.66.